The molecule has 0 spiro atoms. The molecule has 210 valence electrons. The number of hydrogen-bond acceptors (Lipinski definition) is 3. The van der Waals surface area contributed by atoms with Crippen LogP contribution < -0.4 is 9.80 Å². The van der Waals surface area contributed by atoms with E-state index in [4.69, 9.17) is 11.6 Å². The molecule has 4 aromatic rings. The Morgan fingerprint density at radius 2 is 1.12 bits per heavy atom. The summed E-state index contributed by atoms with van der Waals surface area (Å²) in [5, 5.41) is 0.779. The SMILES string of the molecule is CCN(CC)c1ccc(C(c2ccc(N(CC)CC)cc2C)c2ccccc2SCc2ccc(Cl)cc2)c(C)c1. The maximum atomic E-state index is 6.15. The highest BCUT2D eigenvalue weighted by Gasteiger charge is 2.24. The van der Waals surface area contributed by atoms with Crippen molar-refractivity contribution in [2.45, 2.75) is 58.1 Å². The number of hydrogen-bond donors (Lipinski definition) is 0. The summed E-state index contributed by atoms with van der Waals surface area (Å²) in [5.74, 6) is 1.05. The molecule has 4 aromatic carbocycles. The zero-order valence-electron chi connectivity index (χ0n) is 24.9. The minimum atomic E-state index is 0.144. The van der Waals surface area contributed by atoms with Gasteiger partial charge in [0.1, 0.15) is 0 Å². The van der Waals surface area contributed by atoms with Gasteiger partial charge in [-0.1, -0.05) is 54.1 Å². The molecule has 0 aliphatic carbocycles. The summed E-state index contributed by atoms with van der Waals surface area (Å²) in [5.41, 5.74) is 10.6. The first kappa shape index (κ1) is 30.1. The van der Waals surface area contributed by atoms with E-state index < -0.39 is 0 Å². The molecular formula is C36H43ClN2S. The minimum Gasteiger partial charge on any atom is -0.372 e. The van der Waals surface area contributed by atoms with Crippen molar-refractivity contribution in [3.8, 4) is 0 Å². The molecule has 40 heavy (non-hydrogen) atoms. The van der Waals surface area contributed by atoms with Crippen molar-refractivity contribution < 1.29 is 0 Å². The van der Waals surface area contributed by atoms with E-state index in [1.165, 1.54) is 49.7 Å². The average Bonchev–Trinajstić information content (AvgIpc) is 2.97. The standard InChI is InChI=1S/C36H43ClN2S/c1-7-38(8-2)30-19-21-32(26(5)23-30)36(33-22-20-31(24-27(33)6)39(9-3)10-4)34-13-11-12-14-35(34)40-25-28-15-17-29(37)18-16-28/h11-24,36H,7-10,25H2,1-6H3. The maximum absolute atomic E-state index is 6.15. The molecule has 0 saturated carbocycles. The van der Waals surface area contributed by atoms with Crippen LogP contribution in [0.3, 0.4) is 0 Å². The number of thioether (sulfide) groups is 1. The summed E-state index contributed by atoms with van der Waals surface area (Å²) in [7, 11) is 0. The van der Waals surface area contributed by atoms with Crippen LogP contribution in [0.25, 0.3) is 0 Å². The van der Waals surface area contributed by atoms with E-state index in [0.717, 1.165) is 37.0 Å². The lowest BCUT2D eigenvalue weighted by Gasteiger charge is -2.28. The number of rotatable bonds is 12. The van der Waals surface area contributed by atoms with Gasteiger partial charge in [0.15, 0.2) is 0 Å². The van der Waals surface area contributed by atoms with E-state index in [9.17, 15) is 0 Å². The van der Waals surface area contributed by atoms with Crippen molar-refractivity contribution in [1.82, 2.24) is 0 Å². The summed E-state index contributed by atoms with van der Waals surface area (Å²) in [6, 6.07) is 31.3. The van der Waals surface area contributed by atoms with Gasteiger partial charge in [0.25, 0.3) is 0 Å². The Hall–Kier alpha value is -2.88. The Labute approximate surface area is 251 Å². The first-order valence-corrected chi connectivity index (χ1v) is 15.9. The molecular weight excluding hydrogens is 528 g/mol. The van der Waals surface area contributed by atoms with Crippen LogP contribution in [0.4, 0.5) is 11.4 Å². The molecule has 0 atom stereocenters. The minimum absolute atomic E-state index is 0.144. The lowest BCUT2D eigenvalue weighted by molar-refractivity contribution is 0.857. The van der Waals surface area contributed by atoms with Crippen LogP contribution in [0.1, 0.15) is 67.0 Å². The predicted octanol–water partition coefficient (Wildman–Crippen LogP) is 10.1. The molecule has 0 unspecified atom stereocenters. The van der Waals surface area contributed by atoms with Crippen molar-refractivity contribution in [3.05, 3.63) is 123 Å². The van der Waals surface area contributed by atoms with Crippen molar-refractivity contribution >= 4 is 34.7 Å². The molecule has 0 aliphatic rings. The fourth-order valence-electron chi connectivity index (χ4n) is 5.63. The van der Waals surface area contributed by atoms with Crippen molar-refractivity contribution in [1.29, 1.82) is 0 Å². The highest BCUT2D eigenvalue weighted by Crippen LogP contribution is 2.42. The largest absolute Gasteiger partial charge is 0.372 e. The van der Waals surface area contributed by atoms with Gasteiger partial charge in [-0.2, -0.15) is 0 Å². The third-order valence-electron chi connectivity index (χ3n) is 7.92. The van der Waals surface area contributed by atoms with Gasteiger partial charge in [0.2, 0.25) is 0 Å². The number of benzene rings is 4. The van der Waals surface area contributed by atoms with Crippen LogP contribution in [-0.2, 0) is 5.75 Å². The Morgan fingerprint density at radius 1 is 0.625 bits per heavy atom. The molecule has 0 saturated heterocycles. The second kappa shape index (κ2) is 14.1. The molecule has 0 bridgehead atoms. The molecule has 0 heterocycles. The average molecular weight is 571 g/mol. The highest BCUT2D eigenvalue weighted by atomic mass is 35.5. The van der Waals surface area contributed by atoms with Crippen LogP contribution >= 0.6 is 23.4 Å². The zero-order valence-corrected chi connectivity index (χ0v) is 26.4. The molecule has 2 nitrogen and oxygen atoms in total. The van der Waals surface area contributed by atoms with E-state index in [1.54, 1.807) is 0 Å². The summed E-state index contributed by atoms with van der Waals surface area (Å²) in [4.78, 5) is 6.17. The number of anilines is 2. The summed E-state index contributed by atoms with van der Waals surface area (Å²) in [6.07, 6.45) is 0. The first-order valence-electron chi connectivity index (χ1n) is 14.6. The maximum Gasteiger partial charge on any atom is 0.0406 e. The van der Waals surface area contributed by atoms with Crippen molar-refractivity contribution in [3.63, 3.8) is 0 Å². The smallest absolute Gasteiger partial charge is 0.0406 e. The molecule has 4 rings (SSSR count). The topological polar surface area (TPSA) is 6.48 Å². The number of halogens is 1. The quantitative estimate of drug-likeness (QED) is 0.123. The second-order valence-electron chi connectivity index (χ2n) is 10.3. The third kappa shape index (κ3) is 6.87. The van der Waals surface area contributed by atoms with Gasteiger partial charge < -0.3 is 9.80 Å². The van der Waals surface area contributed by atoms with Gasteiger partial charge in [0, 0.05) is 59.1 Å². The Morgan fingerprint density at radius 3 is 1.60 bits per heavy atom. The van der Waals surface area contributed by atoms with Gasteiger partial charge >= 0.3 is 0 Å². The van der Waals surface area contributed by atoms with Crippen LogP contribution in [0.2, 0.25) is 5.02 Å². The molecule has 0 aromatic heterocycles. The van der Waals surface area contributed by atoms with Gasteiger partial charge in [-0.05, 0) is 117 Å². The van der Waals surface area contributed by atoms with E-state index in [2.05, 4.69) is 124 Å². The van der Waals surface area contributed by atoms with Crippen LogP contribution in [0.15, 0.2) is 89.8 Å². The zero-order chi connectivity index (χ0) is 28.6. The summed E-state index contributed by atoms with van der Waals surface area (Å²) < 4.78 is 0. The van der Waals surface area contributed by atoms with E-state index >= 15 is 0 Å². The fourth-order valence-corrected chi connectivity index (χ4v) is 6.80. The second-order valence-corrected chi connectivity index (χ2v) is 11.8. The number of nitrogens with zero attached hydrogens (tertiary/aromatic N) is 2. The molecule has 0 aliphatic heterocycles. The van der Waals surface area contributed by atoms with Crippen LogP contribution in [0, 0.1) is 13.8 Å². The lowest BCUT2D eigenvalue weighted by Crippen LogP contribution is -2.22. The molecule has 0 fully saturated rings. The molecule has 0 radical (unpaired) electrons. The summed E-state index contributed by atoms with van der Waals surface area (Å²) in [6.45, 7) is 17.5. The lowest BCUT2D eigenvalue weighted by atomic mass is 9.81. The van der Waals surface area contributed by atoms with Gasteiger partial charge in [-0.3, -0.25) is 0 Å². The van der Waals surface area contributed by atoms with E-state index in [1.807, 2.05) is 23.9 Å². The Balaban J connectivity index is 1.82. The summed E-state index contributed by atoms with van der Waals surface area (Å²) >= 11 is 8.05. The Kier molecular flexibility index (Phi) is 10.6. The van der Waals surface area contributed by atoms with Crippen LogP contribution in [0.5, 0.6) is 0 Å². The van der Waals surface area contributed by atoms with E-state index in [-0.39, 0.29) is 5.92 Å². The van der Waals surface area contributed by atoms with E-state index in [0.29, 0.717) is 0 Å². The molecule has 0 N–H and O–H groups in total. The van der Waals surface area contributed by atoms with Gasteiger partial charge in [-0.25, -0.2) is 0 Å². The van der Waals surface area contributed by atoms with Crippen molar-refractivity contribution in [2.75, 3.05) is 36.0 Å². The van der Waals surface area contributed by atoms with Crippen molar-refractivity contribution in [2.24, 2.45) is 0 Å². The molecule has 0 amide bonds. The molecule has 4 heteroatoms. The highest BCUT2D eigenvalue weighted by molar-refractivity contribution is 7.98. The Bertz CT molecular complexity index is 1330. The first-order chi connectivity index (χ1) is 19.4. The van der Waals surface area contributed by atoms with Gasteiger partial charge in [0.05, 0.1) is 0 Å². The van der Waals surface area contributed by atoms with Crippen LogP contribution in [-0.4, -0.2) is 26.2 Å². The third-order valence-corrected chi connectivity index (χ3v) is 9.34. The normalized spacial score (nSPS) is 11.2. The monoisotopic (exact) mass is 570 g/mol. The van der Waals surface area contributed by atoms with Gasteiger partial charge in [-0.15, -0.1) is 11.8 Å². The number of aryl methyl sites for hydroxylation is 2. The fraction of sp³-hybridized carbons (Fsp3) is 0.333. The predicted molar refractivity (Wildman–Crippen MR) is 178 cm³/mol.